The molecule has 2 rings (SSSR count). The Balaban J connectivity index is 2.12. The van der Waals surface area contributed by atoms with Crippen LogP contribution in [0.4, 0.5) is 0 Å². The summed E-state index contributed by atoms with van der Waals surface area (Å²) in [4.78, 5) is 10.9. The molecular formula is C12H10BrNO4. The number of nitrogens with zero attached hydrogens (tertiary/aromatic N) is 1. The molecule has 1 aromatic heterocycles. The summed E-state index contributed by atoms with van der Waals surface area (Å²) in [5.74, 6) is -0.0269. The van der Waals surface area contributed by atoms with E-state index in [9.17, 15) is 4.79 Å². The van der Waals surface area contributed by atoms with Crippen molar-refractivity contribution in [2.75, 3.05) is 0 Å². The summed E-state index contributed by atoms with van der Waals surface area (Å²) < 4.78 is 11.3. The van der Waals surface area contributed by atoms with Crippen molar-refractivity contribution >= 4 is 21.9 Å². The Morgan fingerprint density at radius 2 is 2.11 bits per heavy atom. The van der Waals surface area contributed by atoms with Gasteiger partial charge in [0, 0.05) is 4.47 Å². The maximum Gasteiger partial charge on any atom is 0.358 e. The van der Waals surface area contributed by atoms with Crippen LogP contribution in [0.5, 0.6) is 5.75 Å². The number of halogens is 1. The van der Waals surface area contributed by atoms with Gasteiger partial charge in [0.05, 0.1) is 5.56 Å². The standard InChI is InChI=1S/C12H10BrNO4/c1-7-10(11(12(15)16)14-18-7)6-17-9-4-2-8(13)3-5-9/h2-5H,6H2,1H3,(H,15,16). The maximum absolute atomic E-state index is 10.9. The summed E-state index contributed by atoms with van der Waals surface area (Å²) in [7, 11) is 0. The van der Waals surface area contributed by atoms with Crippen LogP contribution < -0.4 is 4.74 Å². The minimum atomic E-state index is -1.12. The average molecular weight is 312 g/mol. The number of hydrogen-bond donors (Lipinski definition) is 1. The minimum Gasteiger partial charge on any atom is -0.489 e. The number of ether oxygens (including phenoxy) is 1. The highest BCUT2D eigenvalue weighted by atomic mass is 79.9. The van der Waals surface area contributed by atoms with Crippen LogP contribution in [0.25, 0.3) is 0 Å². The number of benzene rings is 1. The van der Waals surface area contributed by atoms with Crippen molar-refractivity contribution in [3.8, 4) is 5.75 Å². The van der Waals surface area contributed by atoms with Crippen molar-refractivity contribution in [2.24, 2.45) is 0 Å². The minimum absolute atomic E-state index is 0.107. The topological polar surface area (TPSA) is 72.6 Å². The Hall–Kier alpha value is -1.82. The molecule has 0 aliphatic carbocycles. The zero-order chi connectivity index (χ0) is 13.1. The summed E-state index contributed by atoms with van der Waals surface area (Å²) in [6.07, 6.45) is 0. The molecule has 0 aliphatic heterocycles. The van der Waals surface area contributed by atoms with E-state index in [2.05, 4.69) is 21.1 Å². The van der Waals surface area contributed by atoms with Crippen LogP contribution in [-0.4, -0.2) is 16.2 Å². The lowest BCUT2D eigenvalue weighted by Crippen LogP contribution is -2.05. The number of carboxylic acids is 1. The average Bonchev–Trinajstić information content (AvgIpc) is 2.70. The van der Waals surface area contributed by atoms with Crippen molar-refractivity contribution in [3.63, 3.8) is 0 Å². The Bertz CT molecular complexity index is 562. The molecule has 1 N–H and O–H groups in total. The molecular weight excluding hydrogens is 302 g/mol. The van der Waals surface area contributed by atoms with Gasteiger partial charge in [0.15, 0.2) is 5.69 Å². The van der Waals surface area contributed by atoms with Crippen LogP contribution in [0.1, 0.15) is 21.8 Å². The molecule has 0 radical (unpaired) electrons. The Kier molecular flexibility index (Phi) is 3.66. The summed E-state index contributed by atoms with van der Waals surface area (Å²) in [6.45, 7) is 1.76. The molecule has 0 fully saturated rings. The number of aromatic nitrogens is 1. The number of carbonyl (C=O) groups is 1. The Morgan fingerprint density at radius 3 is 2.72 bits per heavy atom. The number of carboxylic acid groups (broad SMARTS) is 1. The van der Waals surface area contributed by atoms with Gasteiger partial charge < -0.3 is 14.4 Å². The molecule has 0 amide bonds. The Morgan fingerprint density at radius 1 is 1.44 bits per heavy atom. The SMILES string of the molecule is Cc1onc(C(=O)O)c1COc1ccc(Br)cc1. The molecule has 5 nitrogen and oxygen atoms in total. The van der Waals surface area contributed by atoms with E-state index in [0.717, 1.165) is 4.47 Å². The molecule has 94 valence electrons. The fourth-order valence-electron chi connectivity index (χ4n) is 1.42. The third-order valence-electron chi connectivity index (χ3n) is 2.38. The molecule has 0 spiro atoms. The van der Waals surface area contributed by atoms with Crippen molar-refractivity contribution in [2.45, 2.75) is 13.5 Å². The van der Waals surface area contributed by atoms with Crippen molar-refractivity contribution in [1.82, 2.24) is 5.16 Å². The number of hydrogen-bond acceptors (Lipinski definition) is 4. The molecule has 0 unspecified atom stereocenters. The zero-order valence-corrected chi connectivity index (χ0v) is 11.1. The molecule has 1 aromatic carbocycles. The normalized spacial score (nSPS) is 10.3. The van der Waals surface area contributed by atoms with Gasteiger partial charge in [-0.05, 0) is 31.2 Å². The summed E-state index contributed by atoms with van der Waals surface area (Å²) in [6, 6.07) is 7.25. The monoisotopic (exact) mass is 311 g/mol. The predicted octanol–water partition coefficient (Wildman–Crippen LogP) is 3.02. The third-order valence-corrected chi connectivity index (χ3v) is 2.91. The first-order chi connectivity index (χ1) is 8.58. The summed E-state index contributed by atoms with van der Waals surface area (Å²) >= 11 is 3.32. The van der Waals surface area contributed by atoms with E-state index in [1.807, 2.05) is 12.1 Å². The predicted molar refractivity (Wildman–Crippen MR) is 66.7 cm³/mol. The van der Waals surface area contributed by atoms with Crippen LogP contribution in [0, 0.1) is 6.92 Å². The van der Waals surface area contributed by atoms with Gasteiger partial charge in [-0.2, -0.15) is 0 Å². The highest BCUT2D eigenvalue weighted by Crippen LogP contribution is 2.20. The second-order valence-electron chi connectivity index (χ2n) is 3.61. The number of aryl methyl sites for hydroxylation is 1. The van der Waals surface area contributed by atoms with E-state index in [4.69, 9.17) is 14.4 Å². The first kappa shape index (κ1) is 12.6. The molecule has 0 saturated heterocycles. The van der Waals surface area contributed by atoms with E-state index in [-0.39, 0.29) is 12.3 Å². The lowest BCUT2D eigenvalue weighted by Gasteiger charge is -2.05. The van der Waals surface area contributed by atoms with Crippen molar-refractivity contribution in [3.05, 3.63) is 45.8 Å². The highest BCUT2D eigenvalue weighted by molar-refractivity contribution is 9.10. The van der Waals surface area contributed by atoms with Crippen molar-refractivity contribution in [1.29, 1.82) is 0 Å². The van der Waals surface area contributed by atoms with Gasteiger partial charge in [-0.3, -0.25) is 0 Å². The lowest BCUT2D eigenvalue weighted by molar-refractivity contribution is 0.0683. The first-order valence-electron chi connectivity index (χ1n) is 5.14. The molecule has 18 heavy (non-hydrogen) atoms. The van der Waals surface area contributed by atoms with E-state index in [0.29, 0.717) is 17.1 Å². The molecule has 0 atom stereocenters. The maximum atomic E-state index is 10.9. The fraction of sp³-hybridized carbons (Fsp3) is 0.167. The third kappa shape index (κ3) is 2.70. The van der Waals surface area contributed by atoms with E-state index in [1.54, 1.807) is 19.1 Å². The molecule has 2 aromatic rings. The van der Waals surface area contributed by atoms with E-state index in [1.165, 1.54) is 0 Å². The first-order valence-corrected chi connectivity index (χ1v) is 5.94. The van der Waals surface area contributed by atoms with Gasteiger partial charge in [0.25, 0.3) is 0 Å². The van der Waals surface area contributed by atoms with E-state index >= 15 is 0 Å². The smallest absolute Gasteiger partial charge is 0.358 e. The lowest BCUT2D eigenvalue weighted by atomic mass is 10.2. The van der Waals surface area contributed by atoms with Crippen LogP contribution in [-0.2, 0) is 6.61 Å². The van der Waals surface area contributed by atoms with E-state index < -0.39 is 5.97 Å². The number of aromatic carboxylic acids is 1. The van der Waals surface area contributed by atoms with Crippen LogP contribution in [0.2, 0.25) is 0 Å². The van der Waals surface area contributed by atoms with Crippen LogP contribution in [0.15, 0.2) is 33.3 Å². The van der Waals surface area contributed by atoms with Gasteiger partial charge in [-0.25, -0.2) is 4.79 Å². The molecule has 6 heteroatoms. The largest absolute Gasteiger partial charge is 0.489 e. The second-order valence-corrected chi connectivity index (χ2v) is 4.53. The van der Waals surface area contributed by atoms with Gasteiger partial charge in [0.1, 0.15) is 18.1 Å². The Labute approximate surface area is 111 Å². The van der Waals surface area contributed by atoms with Crippen LogP contribution in [0.3, 0.4) is 0 Å². The zero-order valence-electron chi connectivity index (χ0n) is 9.51. The van der Waals surface area contributed by atoms with Gasteiger partial charge >= 0.3 is 5.97 Å². The molecule has 0 aliphatic rings. The summed E-state index contributed by atoms with van der Waals surface area (Å²) in [5, 5.41) is 12.4. The number of rotatable bonds is 4. The van der Waals surface area contributed by atoms with Crippen molar-refractivity contribution < 1.29 is 19.2 Å². The van der Waals surface area contributed by atoms with Gasteiger partial charge in [0.2, 0.25) is 0 Å². The molecule has 0 saturated carbocycles. The second kappa shape index (κ2) is 5.22. The highest BCUT2D eigenvalue weighted by Gasteiger charge is 2.19. The van der Waals surface area contributed by atoms with Gasteiger partial charge in [-0.15, -0.1) is 0 Å². The molecule has 0 bridgehead atoms. The van der Waals surface area contributed by atoms with Gasteiger partial charge in [-0.1, -0.05) is 21.1 Å². The van der Waals surface area contributed by atoms with Crippen LogP contribution >= 0.6 is 15.9 Å². The molecule has 1 heterocycles. The summed E-state index contributed by atoms with van der Waals surface area (Å²) in [5.41, 5.74) is 0.343. The fourth-order valence-corrected chi connectivity index (χ4v) is 1.68. The quantitative estimate of drug-likeness (QED) is 0.939.